The largest absolute Gasteiger partial charge is 0.310 e. The second-order valence-corrected chi connectivity index (χ2v) is 16.9. The van der Waals surface area contributed by atoms with Crippen LogP contribution in [0.25, 0.3) is 93.9 Å². The zero-order valence-electron chi connectivity index (χ0n) is 36.3. The van der Waals surface area contributed by atoms with Crippen LogP contribution in [0.4, 0.5) is 17.1 Å². The van der Waals surface area contributed by atoms with Gasteiger partial charge in [0.05, 0.1) is 16.7 Å². The highest BCUT2D eigenvalue weighted by Gasteiger charge is 2.21. The molecular formula is C64H44N2. The van der Waals surface area contributed by atoms with Crippen molar-refractivity contribution in [3.05, 3.63) is 267 Å². The average Bonchev–Trinajstić information content (AvgIpc) is 3.74. The summed E-state index contributed by atoms with van der Waals surface area (Å²) in [6.07, 6.45) is 0. The summed E-state index contributed by atoms with van der Waals surface area (Å²) in [5.74, 6) is 0. The maximum atomic E-state index is 2.43. The Balaban J connectivity index is 0.984. The van der Waals surface area contributed by atoms with Gasteiger partial charge in [-0.1, -0.05) is 206 Å². The van der Waals surface area contributed by atoms with Crippen LogP contribution in [-0.2, 0) is 0 Å². The van der Waals surface area contributed by atoms with Crippen molar-refractivity contribution in [1.82, 2.24) is 4.57 Å². The van der Waals surface area contributed by atoms with Gasteiger partial charge >= 0.3 is 0 Å². The van der Waals surface area contributed by atoms with Crippen molar-refractivity contribution in [2.24, 2.45) is 0 Å². The number of hydrogen-bond donors (Lipinski definition) is 0. The smallest absolute Gasteiger partial charge is 0.0541 e. The van der Waals surface area contributed by atoms with Crippen LogP contribution in [0.2, 0.25) is 0 Å². The van der Waals surface area contributed by atoms with E-state index in [9.17, 15) is 0 Å². The van der Waals surface area contributed by atoms with Gasteiger partial charge in [-0.15, -0.1) is 0 Å². The van der Waals surface area contributed by atoms with Gasteiger partial charge in [-0.3, -0.25) is 0 Å². The van der Waals surface area contributed by atoms with Gasteiger partial charge in [0, 0.05) is 33.4 Å². The predicted octanol–water partition coefficient (Wildman–Crippen LogP) is 17.7. The van der Waals surface area contributed by atoms with Crippen molar-refractivity contribution < 1.29 is 0 Å². The molecule has 0 saturated carbocycles. The van der Waals surface area contributed by atoms with E-state index in [0.29, 0.717) is 0 Å². The molecule has 1 heterocycles. The van der Waals surface area contributed by atoms with E-state index >= 15 is 0 Å². The topological polar surface area (TPSA) is 8.17 Å². The molecule has 310 valence electrons. The molecule has 0 saturated heterocycles. The van der Waals surface area contributed by atoms with E-state index in [2.05, 4.69) is 276 Å². The third kappa shape index (κ3) is 7.12. The van der Waals surface area contributed by atoms with E-state index < -0.39 is 0 Å². The fourth-order valence-corrected chi connectivity index (χ4v) is 9.77. The molecule has 0 atom stereocenters. The van der Waals surface area contributed by atoms with Gasteiger partial charge < -0.3 is 9.47 Å². The van der Waals surface area contributed by atoms with Crippen LogP contribution >= 0.6 is 0 Å². The van der Waals surface area contributed by atoms with Crippen molar-refractivity contribution in [3.8, 4) is 61.3 Å². The number of anilines is 3. The molecule has 0 fully saturated rings. The monoisotopic (exact) mass is 840 g/mol. The van der Waals surface area contributed by atoms with Gasteiger partial charge in [0.1, 0.15) is 0 Å². The highest BCUT2D eigenvalue weighted by molar-refractivity contribution is 6.10. The molecular weight excluding hydrogens is 797 g/mol. The highest BCUT2D eigenvalue weighted by Crippen LogP contribution is 2.44. The van der Waals surface area contributed by atoms with Crippen molar-refractivity contribution in [3.63, 3.8) is 0 Å². The Labute approximate surface area is 385 Å². The Bertz CT molecular complexity index is 3630. The molecule has 0 amide bonds. The summed E-state index contributed by atoms with van der Waals surface area (Å²) in [5.41, 5.74) is 18.6. The first-order valence-corrected chi connectivity index (χ1v) is 22.7. The standard InChI is InChI=1S/C64H44N2/c1-3-16-45(17-4-1)52-22-15-23-55(43-52)65(54-38-36-48(37-39-54)47-30-32-49(33-31-47)53-35-34-46-18-7-8-21-51(46)42-53)56-40-41-57(61(44-56)50-19-5-2-6-20-50)58-24-9-12-27-62(58)66-63-28-13-10-25-59(63)60-26-11-14-29-64(60)66/h1-44H. The summed E-state index contributed by atoms with van der Waals surface area (Å²) in [6, 6.07) is 96.9. The summed E-state index contributed by atoms with van der Waals surface area (Å²) >= 11 is 0. The first-order valence-electron chi connectivity index (χ1n) is 22.7. The third-order valence-corrected chi connectivity index (χ3v) is 13.0. The zero-order chi connectivity index (χ0) is 43.8. The van der Waals surface area contributed by atoms with Gasteiger partial charge in [0.15, 0.2) is 0 Å². The van der Waals surface area contributed by atoms with Crippen LogP contribution in [0.1, 0.15) is 0 Å². The Kier molecular flexibility index (Phi) is 9.89. The van der Waals surface area contributed by atoms with Gasteiger partial charge in [0.25, 0.3) is 0 Å². The van der Waals surface area contributed by atoms with Gasteiger partial charge in [0.2, 0.25) is 0 Å². The SMILES string of the molecule is c1ccc(-c2cccc(N(c3ccc(-c4ccc(-c5ccc6ccccc6c5)cc4)cc3)c3ccc(-c4ccccc4-n4c5ccccc5c5ccccc54)c(-c4ccccc4)c3)c2)cc1. The molecule has 0 aliphatic heterocycles. The lowest BCUT2D eigenvalue weighted by molar-refractivity contribution is 1.18. The van der Waals surface area contributed by atoms with E-state index in [1.165, 1.54) is 77.1 Å². The number of para-hydroxylation sites is 3. The molecule has 0 aliphatic carbocycles. The molecule has 0 unspecified atom stereocenters. The molecule has 1 aromatic heterocycles. The normalized spacial score (nSPS) is 11.3. The molecule has 66 heavy (non-hydrogen) atoms. The Morgan fingerprint density at radius 3 is 1.44 bits per heavy atom. The maximum Gasteiger partial charge on any atom is 0.0541 e. The molecule has 0 bridgehead atoms. The van der Waals surface area contributed by atoms with Crippen molar-refractivity contribution in [2.45, 2.75) is 0 Å². The average molecular weight is 841 g/mol. The van der Waals surface area contributed by atoms with Crippen LogP contribution in [-0.4, -0.2) is 4.57 Å². The number of aromatic nitrogens is 1. The summed E-state index contributed by atoms with van der Waals surface area (Å²) in [7, 11) is 0. The lowest BCUT2D eigenvalue weighted by Crippen LogP contribution is -2.10. The lowest BCUT2D eigenvalue weighted by Gasteiger charge is -2.28. The maximum absolute atomic E-state index is 2.43. The minimum absolute atomic E-state index is 1.07. The second-order valence-electron chi connectivity index (χ2n) is 16.9. The van der Waals surface area contributed by atoms with Crippen LogP contribution in [0.15, 0.2) is 267 Å². The Morgan fingerprint density at radius 1 is 0.242 bits per heavy atom. The molecule has 2 heteroatoms. The summed E-state index contributed by atoms with van der Waals surface area (Å²) in [6.45, 7) is 0. The first kappa shape index (κ1) is 38.9. The van der Waals surface area contributed by atoms with Crippen molar-refractivity contribution in [2.75, 3.05) is 4.90 Å². The summed E-state index contributed by atoms with van der Waals surface area (Å²) in [4.78, 5) is 2.40. The highest BCUT2D eigenvalue weighted by atomic mass is 15.1. The van der Waals surface area contributed by atoms with E-state index in [0.717, 1.165) is 33.9 Å². The van der Waals surface area contributed by atoms with Gasteiger partial charge in [-0.2, -0.15) is 0 Å². The minimum Gasteiger partial charge on any atom is -0.310 e. The van der Waals surface area contributed by atoms with E-state index in [4.69, 9.17) is 0 Å². The molecule has 12 aromatic rings. The van der Waals surface area contributed by atoms with Crippen molar-refractivity contribution in [1.29, 1.82) is 0 Å². The van der Waals surface area contributed by atoms with E-state index in [1.807, 2.05) is 0 Å². The first-order chi connectivity index (χ1) is 32.7. The lowest BCUT2D eigenvalue weighted by atomic mass is 9.92. The molecule has 0 N–H and O–H groups in total. The van der Waals surface area contributed by atoms with Crippen LogP contribution < -0.4 is 4.90 Å². The molecule has 11 aromatic carbocycles. The van der Waals surface area contributed by atoms with Gasteiger partial charge in [-0.25, -0.2) is 0 Å². The second kappa shape index (κ2) is 16.8. The summed E-state index contributed by atoms with van der Waals surface area (Å²) < 4.78 is 2.43. The number of benzene rings is 11. The fourth-order valence-electron chi connectivity index (χ4n) is 9.77. The molecule has 2 nitrogen and oxygen atoms in total. The molecule has 0 aliphatic rings. The van der Waals surface area contributed by atoms with E-state index in [-0.39, 0.29) is 0 Å². The fraction of sp³-hybridized carbons (Fsp3) is 0. The zero-order valence-corrected chi connectivity index (χ0v) is 36.3. The predicted molar refractivity (Wildman–Crippen MR) is 280 cm³/mol. The molecule has 0 radical (unpaired) electrons. The number of rotatable bonds is 9. The van der Waals surface area contributed by atoms with Crippen molar-refractivity contribution >= 4 is 49.6 Å². The Hall–Kier alpha value is -8.72. The third-order valence-electron chi connectivity index (χ3n) is 13.0. The number of fused-ring (bicyclic) bond motifs is 4. The van der Waals surface area contributed by atoms with Crippen LogP contribution in [0.5, 0.6) is 0 Å². The molecule has 12 rings (SSSR count). The Morgan fingerprint density at radius 2 is 0.727 bits per heavy atom. The van der Waals surface area contributed by atoms with E-state index in [1.54, 1.807) is 0 Å². The summed E-state index contributed by atoms with van der Waals surface area (Å²) in [5, 5.41) is 5.01. The van der Waals surface area contributed by atoms with Crippen LogP contribution in [0, 0.1) is 0 Å². The quantitative estimate of drug-likeness (QED) is 0.141. The van der Waals surface area contributed by atoms with Crippen LogP contribution in [0.3, 0.4) is 0 Å². The van der Waals surface area contributed by atoms with Gasteiger partial charge in [-0.05, 0) is 122 Å². The molecule has 0 spiro atoms. The number of nitrogens with zero attached hydrogens (tertiary/aromatic N) is 2. The minimum atomic E-state index is 1.07. The number of hydrogen-bond acceptors (Lipinski definition) is 1.